The number of aliphatic hydroxyl groups is 1. The molecule has 0 radical (unpaired) electrons. The first-order valence-corrected chi connectivity index (χ1v) is 16.7. The minimum absolute atomic E-state index is 0.0960. The van der Waals surface area contributed by atoms with Crippen LogP contribution in [0.4, 0.5) is 0 Å². The highest BCUT2D eigenvalue weighted by molar-refractivity contribution is 5.56. The first-order chi connectivity index (χ1) is 24.2. The Hall–Kier alpha value is -3.76. The van der Waals surface area contributed by atoms with E-state index in [9.17, 15) is 15.3 Å². The molecule has 1 aliphatic rings. The van der Waals surface area contributed by atoms with Crippen LogP contribution in [-0.4, -0.2) is 77.8 Å². The van der Waals surface area contributed by atoms with Crippen LogP contribution >= 0.6 is 0 Å². The number of aliphatic hydroxyl groups excluding tert-OH is 1. The van der Waals surface area contributed by atoms with Gasteiger partial charge in [0.25, 0.3) is 0 Å². The van der Waals surface area contributed by atoms with Crippen LogP contribution in [-0.2, 0) is 54.8 Å². The summed E-state index contributed by atoms with van der Waals surface area (Å²) in [6.07, 6.45) is 13.8. The molecule has 2 aromatic rings. The van der Waals surface area contributed by atoms with Gasteiger partial charge in [-0.25, -0.2) is 0 Å². The third kappa shape index (κ3) is 11.7. The van der Waals surface area contributed by atoms with Crippen molar-refractivity contribution in [1.29, 1.82) is 0 Å². The van der Waals surface area contributed by atoms with E-state index in [1.54, 1.807) is 42.7 Å². The van der Waals surface area contributed by atoms with Gasteiger partial charge in [-0.15, -0.1) is 5.73 Å². The van der Waals surface area contributed by atoms with Crippen molar-refractivity contribution in [3.8, 4) is 11.5 Å². The predicted molar refractivity (Wildman–Crippen MR) is 195 cm³/mol. The molecule has 0 aliphatic heterocycles. The molecule has 9 heteroatoms. The topological polar surface area (TPSA) is 116 Å². The lowest BCUT2D eigenvalue weighted by molar-refractivity contribution is 0.174. The van der Waals surface area contributed by atoms with E-state index >= 15 is 0 Å². The molecule has 1 atom stereocenters. The molecule has 2 aromatic carbocycles. The highest BCUT2D eigenvalue weighted by atomic mass is 16.5. The van der Waals surface area contributed by atoms with Crippen LogP contribution in [0.2, 0.25) is 0 Å². The molecular weight excluding hydrogens is 636 g/mol. The lowest BCUT2D eigenvalue weighted by Gasteiger charge is -2.24. The molecule has 0 fully saturated rings. The summed E-state index contributed by atoms with van der Waals surface area (Å²) in [6.45, 7) is 3.91. The fraction of sp³-hybridized carbons (Fsp3) is 0.439. The van der Waals surface area contributed by atoms with Gasteiger partial charge in [0, 0.05) is 83.9 Å². The van der Waals surface area contributed by atoms with E-state index in [2.05, 4.69) is 30.9 Å². The molecule has 1 unspecified atom stereocenters. The first kappa shape index (κ1) is 40.7. The maximum absolute atomic E-state index is 11.1. The van der Waals surface area contributed by atoms with Crippen molar-refractivity contribution in [2.24, 2.45) is 5.92 Å². The Labute approximate surface area is 297 Å². The van der Waals surface area contributed by atoms with Gasteiger partial charge in [-0.05, 0) is 76.1 Å². The number of hydrogen-bond donors (Lipinski definition) is 3. The number of phenols is 2. The van der Waals surface area contributed by atoms with Crippen molar-refractivity contribution < 1.29 is 43.7 Å². The van der Waals surface area contributed by atoms with Crippen molar-refractivity contribution in [3.63, 3.8) is 0 Å². The largest absolute Gasteiger partial charge is 0.507 e. The monoisotopic (exact) mass is 690 g/mol. The third-order valence-electron chi connectivity index (χ3n) is 8.39. The van der Waals surface area contributed by atoms with Gasteiger partial charge in [0.05, 0.1) is 39.6 Å². The maximum atomic E-state index is 11.1. The predicted octanol–water partition coefficient (Wildman–Crippen LogP) is 6.95. The molecule has 9 nitrogen and oxygen atoms in total. The van der Waals surface area contributed by atoms with Crippen molar-refractivity contribution in [3.05, 3.63) is 122 Å². The summed E-state index contributed by atoms with van der Waals surface area (Å²) >= 11 is 0. The quantitative estimate of drug-likeness (QED) is 0.0946. The Bertz CT molecular complexity index is 1470. The first-order valence-electron chi connectivity index (χ1n) is 16.7. The molecule has 3 N–H and O–H groups in total. The third-order valence-corrected chi connectivity index (χ3v) is 8.39. The van der Waals surface area contributed by atoms with Gasteiger partial charge >= 0.3 is 0 Å². The summed E-state index contributed by atoms with van der Waals surface area (Å²) in [5.41, 5.74) is 11.6. The van der Waals surface area contributed by atoms with E-state index in [0.717, 1.165) is 39.8 Å². The van der Waals surface area contributed by atoms with Crippen molar-refractivity contribution >= 4 is 0 Å². The molecule has 1 aliphatic carbocycles. The minimum Gasteiger partial charge on any atom is -0.507 e. The molecule has 0 aromatic heterocycles. The van der Waals surface area contributed by atoms with Crippen LogP contribution in [0.15, 0.2) is 88.7 Å². The van der Waals surface area contributed by atoms with Crippen LogP contribution in [0, 0.1) is 5.92 Å². The number of allylic oxidation sites excluding steroid dienone is 8. The van der Waals surface area contributed by atoms with Crippen LogP contribution in [0.3, 0.4) is 0 Å². The lowest BCUT2D eigenvalue weighted by atomic mass is 9.81. The summed E-state index contributed by atoms with van der Waals surface area (Å²) in [4.78, 5) is 0. The summed E-state index contributed by atoms with van der Waals surface area (Å²) in [6, 6.07) is 7.83. The second-order valence-electron chi connectivity index (χ2n) is 12.4. The SMILES string of the molecule is COCCC(C)/C=C(\C=C(/CO)COC)CC1=C=CC=C(C(c2cc(COC)c(O)c(COC)c2)c2cc(COC)c(O)c(COC)c2)C=C1. The van der Waals surface area contributed by atoms with Gasteiger partial charge in [0.1, 0.15) is 11.5 Å². The van der Waals surface area contributed by atoms with E-state index in [4.69, 9.17) is 28.4 Å². The number of ether oxygens (including phenoxy) is 6. The van der Waals surface area contributed by atoms with Gasteiger partial charge in [0.15, 0.2) is 0 Å². The molecule has 0 saturated heterocycles. The fourth-order valence-electron chi connectivity index (χ4n) is 6.11. The lowest BCUT2D eigenvalue weighted by Crippen LogP contribution is -2.09. The molecule has 50 heavy (non-hydrogen) atoms. The maximum Gasteiger partial charge on any atom is 0.126 e. The van der Waals surface area contributed by atoms with Gasteiger partial charge in [-0.2, -0.15) is 0 Å². The number of aromatic hydroxyl groups is 2. The molecule has 0 amide bonds. The van der Waals surface area contributed by atoms with E-state index < -0.39 is 0 Å². The summed E-state index contributed by atoms with van der Waals surface area (Å²) < 4.78 is 32.5. The van der Waals surface area contributed by atoms with Gasteiger partial charge < -0.3 is 43.7 Å². The van der Waals surface area contributed by atoms with Gasteiger partial charge in [-0.1, -0.05) is 37.3 Å². The zero-order valence-electron chi connectivity index (χ0n) is 30.6. The Morgan fingerprint density at radius 2 is 1.26 bits per heavy atom. The van der Waals surface area contributed by atoms with E-state index in [1.165, 1.54) is 0 Å². The van der Waals surface area contributed by atoms with E-state index in [0.29, 0.717) is 41.9 Å². The zero-order valence-corrected chi connectivity index (χ0v) is 30.6. The van der Waals surface area contributed by atoms with E-state index in [-0.39, 0.29) is 56.4 Å². The second-order valence-corrected chi connectivity index (χ2v) is 12.4. The summed E-state index contributed by atoms with van der Waals surface area (Å²) in [5.74, 6) is 0.211. The minimum atomic E-state index is -0.325. The van der Waals surface area contributed by atoms with Crippen LogP contribution < -0.4 is 0 Å². The Balaban J connectivity index is 2.17. The number of methoxy groups -OCH3 is 6. The van der Waals surface area contributed by atoms with Crippen LogP contribution in [0.25, 0.3) is 0 Å². The molecule has 0 spiro atoms. The van der Waals surface area contributed by atoms with Crippen LogP contribution in [0.5, 0.6) is 11.5 Å². The Kier molecular flexibility index (Phi) is 17.5. The number of hydrogen-bond acceptors (Lipinski definition) is 9. The van der Waals surface area contributed by atoms with Crippen molar-refractivity contribution in [2.45, 2.75) is 52.1 Å². The number of phenolic OH excluding ortho intramolecular Hbond substituents is 2. The Morgan fingerprint density at radius 3 is 1.70 bits per heavy atom. The zero-order chi connectivity index (χ0) is 36.5. The van der Waals surface area contributed by atoms with E-state index in [1.807, 2.05) is 42.5 Å². The molecular formula is C41H54O9. The Morgan fingerprint density at radius 1 is 0.740 bits per heavy atom. The normalized spacial score (nSPS) is 14.3. The number of rotatable bonds is 21. The molecule has 272 valence electrons. The standard InChI is InChI=1S/C41H54O9/c1-28(13-14-45-2)15-30(17-31(22-42)23-46-3)16-29-9-8-10-32(12-11-29)39(33-18-35(24-47-4)40(43)36(19-33)25-48-5)34-20-37(26-49-6)41(44)38(21-34)27-50-7/h8,10-12,15,17-21,28,39,42-44H,13-14,16,22-27H2,1-7H3/b30-15-,31-17+. The van der Waals surface area contributed by atoms with Crippen molar-refractivity contribution in [2.75, 3.05) is 62.5 Å². The summed E-state index contributed by atoms with van der Waals surface area (Å²) in [7, 11) is 9.70. The van der Waals surface area contributed by atoms with Gasteiger partial charge in [0.2, 0.25) is 0 Å². The average Bonchev–Trinajstić information content (AvgIpc) is 3.33. The highest BCUT2D eigenvalue weighted by Crippen LogP contribution is 2.40. The molecule has 0 saturated carbocycles. The highest BCUT2D eigenvalue weighted by Gasteiger charge is 2.24. The summed E-state index contributed by atoms with van der Waals surface area (Å²) in [5, 5.41) is 32.1. The smallest absolute Gasteiger partial charge is 0.126 e. The number of benzene rings is 2. The molecule has 0 heterocycles. The molecule has 0 bridgehead atoms. The van der Waals surface area contributed by atoms with Crippen LogP contribution in [0.1, 0.15) is 59.1 Å². The second kappa shape index (κ2) is 21.5. The average molecular weight is 691 g/mol. The fourth-order valence-corrected chi connectivity index (χ4v) is 6.11. The molecule has 3 rings (SSSR count). The van der Waals surface area contributed by atoms with Crippen molar-refractivity contribution in [1.82, 2.24) is 0 Å². The van der Waals surface area contributed by atoms with Gasteiger partial charge in [-0.3, -0.25) is 0 Å².